The fourth-order valence-electron chi connectivity index (χ4n) is 1.97. The smallest absolute Gasteiger partial charge is 0.180 e. The molecule has 0 saturated heterocycles. The minimum Gasteiger partial charge on any atom is -0.375 e. The normalized spacial score (nSPS) is 12.1. The van der Waals surface area contributed by atoms with Crippen LogP contribution >= 0.6 is 27.3 Å². The zero-order valence-electron chi connectivity index (χ0n) is 10.1. The van der Waals surface area contributed by atoms with Crippen LogP contribution in [-0.4, -0.2) is 4.98 Å². The summed E-state index contributed by atoms with van der Waals surface area (Å²) in [6.45, 7) is 4.02. The molecule has 0 aliphatic heterocycles. The predicted molar refractivity (Wildman–Crippen MR) is 77.6 cm³/mol. The molecule has 92 valence electrons. The topological polar surface area (TPSA) is 62.7 Å². The molecule has 0 amide bonds. The van der Waals surface area contributed by atoms with Gasteiger partial charge in [-0.25, -0.2) is 4.98 Å². The molecule has 0 radical (unpaired) electrons. The molecule has 1 atom stereocenters. The third-order valence-corrected chi connectivity index (χ3v) is 4.51. The van der Waals surface area contributed by atoms with Crippen LogP contribution in [0.15, 0.2) is 22.7 Å². The lowest BCUT2D eigenvalue weighted by Gasteiger charge is -2.12. The van der Waals surface area contributed by atoms with Gasteiger partial charge < -0.3 is 5.73 Å². The van der Waals surface area contributed by atoms with Crippen molar-refractivity contribution >= 4 is 32.4 Å². The van der Waals surface area contributed by atoms with Crippen molar-refractivity contribution in [1.82, 2.24) is 4.98 Å². The lowest BCUT2D eigenvalue weighted by molar-refractivity contribution is 0.921. The van der Waals surface area contributed by atoms with E-state index in [2.05, 4.69) is 33.9 Å². The average molecular weight is 322 g/mol. The summed E-state index contributed by atoms with van der Waals surface area (Å²) < 4.78 is 0.971. The number of nitriles is 1. The van der Waals surface area contributed by atoms with E-state index >= 15 is 0 Å². The van der Waals surface area contributed by atoms with E-state index in [9.17, 15) is 5.26 Å². The summed E-state index contributed by atoms with van der Waals surface area (Å²) in [6, 6.07) is 7.92. The third kappa shape index (κ3) is 2.40. The fourth-order valence-corrected chi connectivity index (χ4v) is 3.25. The van der Waals surface area contributed by atoms with E-state index < -0.39 is 0 Å². The summed E-state index contributed by atoms with van der Waals surface area (Å²) >= 11 is 4.93. The van der Waals surface area contributed by atoms with Gasteiger partial charge in [0.2, 0.25) is 0 Å². The second-order valence-electron chi connectivity index (χ2n) is 4.07. The van der Waals surface area contributed by atoms with Crippen molar-refractivity contribution < 1.29 is 0 Å². The molecule has 0 saturated carbocycles. The Kier molecular flexibility index (Phi) is 3.69. The molecule has 0 aliphatic carbocycles. The number of thiazole rings is 1. The van der Waals surface area contributed by atoms with Crippen LogP contribution in [-0.2, 0) is 0 Å². The summed E-state index contributed by atoms with van der Waals surface area (Å²) in [6.07, 6.45) is 0. The molecule has 0 spiro atoms. The van der Waals surface area contributed by atoms with Crippen molar-refractivity contribution in [3.63, 3.8) is 0 Å². The van der Waals surface area contributed by atoms with E-state index in [0.717, 1.165) is 20.6 Å². The Bertz CT molecular complexity index is 628. The molecular formula is C13H12BrN3S. The van der Waals surface area contributed by atoms with Gasteiger partial charge in [-0.3, -0.25) is 0 Å². The standard InChI is InChI=1S/C13H12BrN3S/c1-7(12-8(2)17-13(16)18-12)11-5-10(14)4-3-9(11)6-15/h3-5,7H,1-2H3,(H2,16,17). The molecule has 1 unspecified atom stereocenters. The summed E-state index contributed by atoms with van der Waals surface area (Å²) in [5.41, 5.74) is 8.36. The zero-order chi connectivity index (χ0) is 13.3. The van der Waals surface area contributed by atoms with E-state index in [1.165, 1.54) is 11.3 Å². The molecular weight excluding hydrogens is 310 g/mol. The highest BCUT2D eigenvalue weighted by Crippen LogP contribution is 2.35. The van der Waals surface area contributed by atoms with Gasteiger partial charge in [-0.2, -0.15) is 5.26 Å². The van der Waals surface area contributed by atoms with Gasteiger partial charge in [0, 0.05) is 15.3 Å². The number of benzene rings is 1. The van der Waals surface area contributed by atoms with Gasteiger partial charge in [-0.1, -0.05) is 22.9 Å². The van der Waals surface area contributed by atoms with Crippen molar-refractivity contribution in [2.45, 2.75) is 19.8 Å². The first-order valence-corrected chi connectivity index (χ1v) is 7.06. The number of nitrogen functional groups attached to an aromatic ring is 1. The van der Waals surface area contributed by atoms with Gasteiger partial charge in [-0.05, 0) is 30.7 Å². The zero-order valence-corrected chi connectivity index (χ0v) is 12.5. The Labute approximate surface area is 118 Å². The highest BCUT2D eigenvalue weighted by atomic mass is 79.9. The van der Waals surface area contributed by atoms with Crippen LogP contribution in [0.2, 0.25) is 0 Å². The van der Waals surface area contributed by atoms with E-state index in [4.69, 9.17) is 5.73 Å². The number of aromatic nitrogens is 1. The number of hydrogen-bond acceptors (Lipinski definition) is 4. The van der Waals surface area contributed by atoms with E-state index in [1.807, 2.05) is 25.1 Å². The second kappa shape index (κ2) is 5.09. The number of nitrogens with zero attached hydrogens (tertiary/aromatic N) is 2. The molecule has 0 fully saturated rings. The van der Waals surface area contributed by atoms with Gasteiger partial charge in [0.25, 0.3) is 0 Å². The SMILES string of the molecule is Cc1nc(N)sc1C(C)c1cc(Br)ccc1C#N. The highest BCUT2D eigenvalue weighted by Gasteiger charge is 2.18. The molecule has 1 aromatic carbocycles. The molecule has 0 aliphatic rings. The van der Waals surface area contributed by atoms with Crippen LogP contribution in [0.25, 0.3) is 0 Å². The van der Waals surface area contributed by atoms with Crippen LogP contribution in [0.4, 0.5) is 5.13 Å². The number of anilines is 1. The van der Waals surface area contributed by atoms with Gasteiger partial charge in [0.15, 0.2) is 5.13 Å². The largest absolute Gasteiger partial charge is 0.375 e. The maximum absolute atomic E-state index is 9.18. The molecule has 1 heterocycles. The summed E-state index contributed by atoms with van der Waals surface area (Å²) in [5.74, 6) is 0.118. The van der Waals surface area contributed by atoms with E-state index in [-0.39, 0.29) is 5.92 Å². The third-order valence-electron chi connectivity index (χ3n) is 2.84. The first-order chi connectivity index (χ1) is 8.52. The maximum atomic E-state index is 9.18. The minimum absolute atomic E-state index is 0.118. The number of rotatable bonds is 2. The van der Waals surface area contributed by atoms with Gasteiger partial charge in [0.1, 0.15) is 0 Å². The quantitative estimate of drug-likeness (QED) is 0.914. The Morgan fingerprint density at radius 3 is 2.78 bits per heavy atom. The van der Waals surface area contributed by atoms with Crippen LogP contribution < -0.4 is 5.73 Å². The maximum Gasteiger partial charge on any atom is 0.180 e. The lowest BCUT2D eigenvalue weighted by Crippen LogP contribution is -1.99. The number of hydrogen-bond donors (Lipinski definition) is 1. The summed E-state index contributed by atoms with van der Waals surface area (Å²) in [4.78, 5) is 5.35. The molecule has 2 N–H and O–H groups in total. The Morgan fingerprint density at radius 1 is 1.50 bits per heavy atom. The molecule has 5 heteroatoms. The Balaban J connectivity index is 2.52. The van der Waals surface area contributed by atoms with Crippen molar-refractivity contribution in [3.8, 4) is 6.07 Å². The fraction of sp³-hybridized carbons (Fsp3) is 0.231. The van der Waals surface area contributed by atoms with Crippen LogP contribution in [0, 0.1) is 18.3 Å². The monoisotopic (exact) mass is 321 g/mol. The number of halogens is 1. The van der Waals surface area contributed by atoms with Crippen molar-refractivity contribution in [3.05, 3.63) is 44.4 Å². The number of nitrogens with two attached hydrogens (primary N) is 1. The average Bonchev–Trinajstić information content (AvgIpc) is 2.67. The van der Waals surface area contributed by atoms with Crippen LogP contribution in [0.1, 0.15) is 34.5 Å². The molecule has 2 aromatic rings. The van der Waals surface area contributed by atoms with Gasteiger partial charge in [-0.15, -0.1) is 11.3 Å². The van der Waals surface area contributed by atoms with Gasteiger partial charge in [0.05, 0.1) is 17.3 Å². The van der Waals surface area contributed by atoms with Crippen LogP contribution in [0.5, 0.6) is 0 Å². The first kappa shape index (κ1) is 13.1. The predicted octanol–water partition coefficient (Wildman–Crippen LogP) is 3.82. The highest BCUT2D eigenvalue weighted by molar-refractivity contribution is 9.10. The summed E-state index contributed by atoms with van der Waals surface area (Å²) in [7, 11) is 0. The second-order valence-corrected chi connectivity index (χ2v) is 6.04. The van der Waals surface area contributed by atoms with Gasteiger partial charge >= 0.3 is 0 Å². The van der Waals surface area contributed by atoms with E-state index in [0.29, 0.717) is 10.7 Å². The van der Waals surface area contributed by atoms with Crippen LogP contribution in [0.3, 0.4) is 0 Å². The first-order valence-electron chi connectivity index (χ1n) is 5.45. The molecule has 18 heavy (non-hydrogen) atoms. The van der Waals surface area contributed by atoms with Crippen molar-refractivity contribution in [1.29, 1.82) is 5.26 Å². The molecule has 3 nitrogen and oxygen atoms in total. The molecule has 2 rings (SSSR count). The number of aryl methyl sites for hydroxylation is 1. The summed E-state index contributed by atoms with van der Waals surface area (Å²) in [5, 5.41) is 9.75. The Morgan fingerprint density at radius 2 is 2.22 bits per heavy atom. The van der Waals surface area contributed by atoms with Crippen molar-refractivity contribution in [2.75, 3.05) is 5.73 Å². The van der Waals surface area contributed by atoms with E-state index in [1.54, 1.807) is 0 Å². The molecule has 0 bridgehead atoms. The minimum atomic E-state index is 0.118. The Hall–Kier alpha value is -1.38. The van der Waals surface area contributed by atoms with Crippen molar-refractivity contribution in [2.24, 2.45) is 0 Å². The lowest BCUT2D eigenvalue weighted by atomic mass is 9.94. The molecule has 1 aromatic heterocycles.